The molecule has 0 aliphatic heterocycles. The summed E-state index contributed by atoms with van der Waals surface area (Å²) in [5.41, 5.74) is 6.42. The topological polar surface area (TPSA) is 80.9 Å². The summed E-state index contributed by atoms with van der Waals surface area (Å²) in [4.78, 5) is 19.2. The number of carbonyl (C=O) groups is 1. The number of halogens is 1. The van der Waals surface area contributed by atoms with Crippen LogP contribution in [0.4, 0.5) is 15.8 Å². The minimum Gasteiger partial charge on any atom is -0.398 e. The second-order valence-corrected chi connectivity index (χ2v) is 3.31. The maximum Gasteiger partial charge on any atom is 0.259 e. The molecule has 0 atom stereocenters. The lowest BCUT2D eigenvalue weighted by Crippen LogP contribution is -2.14. The average molecular weight is 232 g/mol. The maximum absolute atomic E-state index is 12.8. The fourth-order valence-electron chi connectivity index (χ4n) is 1.27. The highest BCUT2D eigenvalue weighted by Crippen LogP contribution is 2.13. The monoisotopic (exact) mass is 232 g/mol. The second kappa shape index (κ2) is 4.56. The standard InChI is InChI=1S/C11H9FN4O/c12-7-3-8(5-15-4-7)16-11(17)9-6-14-2-1-10(9)13/h1-6H,(H2,13,14)(H,16,17). The maximum atomic E-state index is 12.8. The molecule has 2 rings (SSSR count). The molecule has 1 amide bonds. The van der Waals surface area contributed by atoms with E-state index in [9.17, 15) is 9.18 Å². The van der Waals surface area contributed by atoms with Crippen molar-refractivity contribution in [3.63, 3.8) is 0 Å². The number of hydrogen-bond acceptors (Lipinski definition) is 4. The van der Waals surface area contributed by atoms with Gasteiger partial charge in [0.1, 0.15) is 5.82 Å². The molecule has 2 aromatic heterocycles. The summed E-state index contributed by atoms with van der Waals surface area (Å²) in [6.07, 6.45) is 5.22. The van der Waals surface area contributed by atoms with Crippen molar-refractivity contribution in [3.8, 4) is 0 Å². The predicted octanol–water partition coefficient (Wildman–Crippen LogP) is 1.45. The van der Waals surface area contributed by atoms with Gasteiger partial charge >= 0.3 is 0 Å². The Labute approximate surface area is 96.5 Å². The van der Waals surface area contributed by atoms with Crippen LogP contribution in [0.15, 0.2) is 36.9 Å². The number of rotatable bonds is 2. The molecule has 5 nitrogen and oxygen atoms in total. The third kappa shape index (κ3) is 2.54. The van der Waals surface area contributed by atoms with Gasteiger partial charge < -0.3 is 11.1 Å². The molecule has 6 heteroatoms. The van der Waals surface area contributed by atoms with Gasteiger partial charge in [-0.05, 0) is 6.07 Å². The number of hydrogen-bond donors (Lipinski definition) is 2. The first-order valence-electron chi connectivity index (χ1n) is 4.78. The lowest BCUT2D eigenvalue weighted by atomic mass is 10.2. The summed E-state index contributed by atoms with van der Waals surface area (Å²) in [7, 11) is 0. The molecular weight excluding hydrogens is 223 g/mol. The lowest BCUT2D eigenvalue weighted by molar-refractivity contribution is 0.102. The van der Waals surface area contributed by atoms with E-state index < -0.39 is 11.7 Å². The van der Waals surface area contributed by atoms with E-state index in [0.717, 1.165) is 12.3 Å². The Kier molecular flexibility index (Phi) is 2.95. The molecule has 0 aromatic carbocycles. The average Bonchev–Trinajstić information content (AvgIpc) is 2.29. The first kappa shape index (κ1) is 11.0. The van der Waals surface area contributed by atoms with Gasteiger partial charge in [0.2, 0.25) is 0 Å². The van der Waals surface area contributed by atoms with Crippen LogP contribution in [-0.4, -0.2) is 15.9 Å². The van der Waals surface area contributed by atoms with Crippen LogP contribution in [0.3, 0.4) is 0 Å². The smallest absolute Gasteiger partial charge is 0.259 e. The first-order chi connectivity index (χ1) is 8.16. The van der Waals surface area contributed by atoms with Crippen LogP contribution in [0.25, 0.3) is 0 Å². The van der Waals surface area contributed by atoms with Gasteiger partial charge in [-0.25, -0.2) is 4.39 Å². The molecule has 0 aliphatic carbocycles. The molecule has 86 valence electrons. The fourth-order valence-corrected chi connectivity index (χ4v) is 1.27. The third-order valence-corrected chi connectivity index (χ3v) is 2.06. The van der Waals surface area contributed by atoms with Crippen molar-refractivity contribution < 1.29 is 9.18 Å². The highest BCUT2D eigenvalue weighted by Gasteiger charge is 2.10. The summed E-state index contributed by atoms with van der Waals surface area (Å²) in [5.74, 6) is -0.982. The zero-order valence-corrected chi connectivity index (χ0v) is 8.72. The van der Waals surface area contributed by atoms with Gasteiger partial charge in [0.15, 0.2) is 0 Å². The molecule has 0 aliphatic rings. The van der Waals surface area contributed by atoms with Crippen molar-refractivity contribution in [3.05, 3.63) is 48.3 Å². The molecule has 17 heavy (non-hydrogen) atoms. The highest BCUT2D eigenvalue weighted by molar-refractivity contribution is 6.07. The number of nitrogens with two attached hydrogens (primary N) is 1. The van der Waals surface area contributed by atoms with Gasteiger partial charge in [0.05, 0.1) is 23.6 Å². The predicted molar refractivity (Wildman–Crippen MR) is 60.8 cm³/mol. The minimum atomic E-state index is -0.526. The van der Waals surface area contributed by atoms with Crippen LogP contribution in [0.1, 0.15) is 10.4 Å². The van der Waals surface area contributed by atoms with Crippen LogP contribution in [0.5, 0.6) is 0 Å². The van der Waals surface area contributed by atoms with E-state index >= 15 is 0 Å². The van der Waals surface area contributed by atoms with E-state index in [1.165, 1.54) is 24.7 Å². The van der Waals surface area contributed by atoms with Gasteiger partial charge in [-0.2, -0.15) is 0 Å². The number of anilines is 2. The third-order valence-electron chi connectivity index (χ3n) is 2.06. The SMILES string of the molecule is Nc1ccncc1C(=O)Nc1cncc(F)c1. The summed E-state index contributed by atoms with van der Waals surface area (Å²) >= 11 is 0. The number of aromatic nitrogens is 2. The van der Waals surface area contributed by atoms with E-state index in [1.54, 1.807) is 0 Å². The van der Waals surface area contributed by atoms with Crippen LogP contribution in [0, 0.1) is 5.82 Å². The fraction of sp³-hybridized carbons (Fsp3) is 0. The van der Waals surface area contributed by atoms with Crippen molar-refractivity contribution in [1.82, 2.24) is 9.97 Å². The molecule has 2 aromatic rings. The van der Waals surface area contributed by atoms with Crippen LogP contribution in [-0.2, 0) is 0 Å². The van der Waals surface area contributed by atoms with Crippen molar-refractivity contribution in [2.75, 3.05) is 11.1 Å². The Bertz CT molecular complexity index is 559. The normalized spacial score (nSPS) is 9.94. The van der Waals surface area contributed by atoms with E-state index in [1.807, 2.05) is 0 Å². The van der Waals surface area contributed by atoms with E-state index in [0.29, 0.717) is 5.69 Å². The minimum absolute atomic E-state index is 0.233. The number of nitrogens with one attached hydrogen (secondary N) is 1. The number of pyridine rings is 2. The molecule has 0 bridgehead atoms. The van der Waals surface area contributed by atoms with E-state index in [2.05, 4.69) is 15.3 Å². The summed E-state index contributed by atoms with van der Waals surface area (Å²) < 4.78 is 12.8. The zero-order valence-electron chi connectivity index (χ0n) is 8.72. The largest absolute Gasteiger partial charge is 0.398 e. The Morgan fingerprint density at radius 1 is 1.29 bits per heavy atom. The molecule has 0 radical (unpaired) electrons. The summed E-state index contributed by atoms with van der Waals surface area (Å²) in [5, 5.41) is 2.48. The van der Waals surface area contributed by atoms with Crippen molar-refractivity contribution >= 4 is 17.3 Å². The zero-order chi connectivity index (χ0) is 12.3. The van der Waals surface area contributed by atoms with Crippen LogP contribution in [0.2, 0.25) is 0 Å². The Balaban J connectivity index is 2.20. The highest BCUT2D eigenvalue weighted by atomic mass is 19.1. The van der Waals surface area contributed by atoms with Gasteiger partial charge in [-0.1, -0.05) is 0 Å². The Morgan fingerprint density at radius 3 is 2.82 bits per heavy atom. The number of amides is 1. The van der Waals surface area contributed by atoms with Gasteiger partial charge in [-0.15, -0.1) is 0 Å². The molecule has 0 saturated heterocycles. The van der Waals surface area contributed by atoms with Crippen LogP contribution < -0.4 is 11.1 Å². The second-order valence-electron chi connectivity index (χ2n) is 3.31. The van der Waals surface area contributed by atoms with Crippen molar-refractivity contribution in [1.29, 1.82) is 0 Å². The van der Waals surface area contributed by atoms with Crippen LogP contribution >= 0.6 is 0 Å². The number of nitrogens with zero attached hydrogens (tertiary/aromatic N) is 2. The molecule has 3 N–H and O–H groups in total. The quantitative estimate of drug-likeness (QED) is 0.821. The van der Waals surface area contributed by atoms with Gasteiger partial charge in [0, 0.05) is 24.1 Å². The molecule has 0 spiro atoms. The molecule has 0 saturated carbocycles. The lowest BCUT2D eigenvalue weighted by Gasteiger charge is -2.06. The van der Waals surface area contributed by atoms with Crippen molar-refractivity contribution in [2.24, 2.45) is 0 Å². The summed E-state index contributed by atoms with van der Waals surface area (Å²) in [6, 6.07) is 2.68. The number of carbonyl (C=O) groups excluding carboxylic acids is 1. The molecule has 0 fully saturated rings. The Morgan fingerprint density at radius 2 is 2.12 bits per heavy atom. The molecule has 2 heterocycles. The molecule has 0 unspecified atom stereocenters. The summed E-state index contributed by atoms with van der Waals surface area (Å²) in [6.45, 7) is 0. The van der Waals surface area contributed by atoms with Gasteiger partial charge in [0.25, 0.3) is 5.91 Å². The van der Waals surface area contributed by atoms with E-state index in [-0.39, 0.29) is 11.3 Å². The molecular formula is C11H9FN4O. The van der Waals surface area contributed by atoms with Gasteiger partial charge in [-0.3, -0.25) is 14.8 Å². The van der Waals surface area contributed by atoms with Crippen molar-refractivity contribution in [2.45, 2.75) is 0 Å². The Hall–Kier alpha value is -2.50. The number of nitrogen functional groups attached to an aromatic ring is 1. The van der Waals surface area contributed by atoms with E-state index in [4.69, 9.17) is 5.73 Å². The first-order valence-corrected chi connectivity index (χ1v) is 4.78.